The number of carbonyl (C=O) groups is 1. The first kappa shape index (κ1) is 14.7. The molecule has 4 heteroatoms. The van der Waals surface area contributed by atoms with Crippen LogP contribution >= 0.6 is 0 Å². The third-order valence-electron chi connectivity index (χ3n) is 2.71. The second-order valence-electron chi connectivity index (χ2n) is 5.20. The van der Waals surface area contributed by atoms with Gasteiger partial charge < -0.3 is 16.0 Å². The van der Waals surface area contributed by atoms with Crippen LogP contribution in [0.5, 0.6) is 0 Å². The molecule has 0 saturated heterocycles. The van der Waals surface area contributed by atoms with E-state index in [1.54, 1.807) is 0 Å². The summed E-state index contributed by atoms with van der Waals surface area (Å²) >= 11 is 0. The van der Waals surface area contributed by atoms with Crippen molar-refractivity contribution >= 4 is 11.6 Å². The summed E-state index contributed by atoms with van der Waals surface area (Å²) in [4.78, 5) is 13.9. The summed E-state index contributed by atoms with van der Waals surface area (Å²) in [6.07, 6.45) is 0. The van der Waals surface area contributed by atoms with Crippen LogP contribution in [0.3, 0.4) is 0 Å². The lowest BCUT2D eigenvalue weighted by molar-refractivity contribution is -0.118. The Labute approximate surface area is 109 Å². The number of hydrogen-bond donors (Lipinski definition) is 2. The number of nitrogens with zero attached hydrogens (tertiary/aromatic N) is 1. The van der Waals surface area contributed by atoms with Crippen LogP contribution in [0.15, 0.2) is 24.3 Å². The Morgan fingerprint density at radius 2 is 2.06 bits per heavy atom. The van der Waals surface area contributed by atoms with Crippen molar-refractivity contribution in [2.75, 3.05) is 19.4 Å². The first-order valence-electron chi connectivity index (χ1n) is 6.20. The Balaban J connectivity index is 2.70. The predicted molar refractivity (Wildman–Crippen MR) is 75.3 cm³/mol. The van der Waals surface area contributed by atoms with Crippen LogP contribution in [-0.2, 0) is 11.3 Å². The van der Waals surface area contributed by atoms with Crippen LogP contribution in [0.4, 0.5) is 5.69 Å². The second kappa shape index (κ2) is 6.52. The number of nitrogens with two attached hydrogens (primary N) is 1. The molecular weight excluding hydrogens is 226 g/mol. The summed E-state index contributed by atoms with van der Waals surface area (Å²) < 4.78 is 0. The molecule has 0 aliphatic heterocycles. The number of anilines is 1. The summed E-state index contributed by atoms with van der Waals surface area (Å²) in [7, 11) is 4.03. The fraction of sp³-hybridized carbons (Fsp3) is 0.500. The lowest BCUT2D eigenvalue weighted by Crippen LogP contribution is -2.39. The minimum atomic E-state index is -0.470. The van der Waals surface area contributed by atoms with Crippen LogP contribution in [0.25, 0.3) is 0 Å². The Morgan fingerprint density at radius 3 is 2.61 bits per heavy atom. The van der Waals surface area contributed by atoms with Gasteiger partial charge in [0, 0.05) is 12.2 Å². The molecule has 100 valence electrons. The summed E-state index contributed by atoms with van der Waals surface area (Å²) in [5, 5.41) is 2.85. The molecule has 0 spiro atoms. The molecule has 0 saturated carbocycles. The van der Waals surface area contributed by atoms with Crippen molar-refractivity contribution in [3.63, 3.8) is 0 Å². The van der Waals surface area contributed by atoms with Crippen LogP contribution < -0.4 is 11.1 Å². The van der Waals surface area contributed by atoms with E-state index in [0.29, 0.717) is 0 Å². The molecule has 1 unspecified atom stereocenters. The second-order valence-corrected chi connectivity index (χ2v) is 5.20. The van der Waals surface area contributed by atoms with Gasteiger partial charge in [0.05, 0.1) is 6.04 Å². The summed E-state index contributed by atoms with van der Waals surface area (Å²) in [5.74, 6) is 0.00182. The van der Waals surface area contributed by atoms with E-state index in [-0.39, 0.29) is 11.8 Å². The number of rotatable bonds is 5. The maximum atomic E-state index is 11.8. The third-order valence-corrected chi connectivity index (χ3v) is 2.71. The Kier molecular flexibility index (Phi) is 5.31. The standard InChI is InChI=1S/C14H23N3O/c1-10(2)13(15)14(18)16-12-7-5-6-11(8-12)9-17(3)4/h5-8,10,13H,9,15H2,1-4H3,(H,16,18). The van der Waals surface area contributed by atoms with E-state index in [1.807, 2.05) is 52.2 Å². The first-order valence-corrected chi connectivity index (χ1v) is 6.20. The molecule has 0 aliphatic carbocycles. The van der Waals surface area contributed by atoms with E-state index in [2.05, 4.69) is 10.2 Å². The van der Waals surface area contributed by atoms with Crippen LogP contribution in [-0.4, -0.2) is 30.9 Å². The first-order chi connectivity index (χ1) is 8.40. The van der Waals surface area contributed by atoms with Gasteiger partial charge >= 0.3 is 0 Å². The monoisotopic (exact) mass is 249 g/mol. The van der Waals surface area contributed by atoms with Gasteiger partial charge in [-0.05, 0) is 37.7 Å². The average Bonchev–Trinajstić information content (AvgIpc) is 2.27. The van der Waals surface area contributed by atoms with Crippen molar-refractivity contribution in [1.29, 1.82) is 0 Å². The van der Waals surface area contributed by atoms with Gasteiger partial charge in [0.25, 0.3) is 0 Å². The molecule has 3 N–H and O–H groups in total. The predicted octanol–water partition coefficient (Wildman–Crippen LogP) is 1.67. The number of amides is 1. The maximum absolute atomic E-state index is 11.8. The fourth-order valence-electron chi connectivity index (χ4n) is 1.64. The molecule has 1 rings (SSSR count). The highest BCUT2D eigenvalue weighted by atomic mass is 16.2. The zero-order chi connectivity index (χ0) is 13.7. The molecule has 0 heterocycles. The van der Waals surface area contributed by atoms with E-state index >= 15 is 0 Å². The van der Waals surface area contributed by atoms with Crippen molar-refractivity contribution in [2.45, 2.75) is 26.4 Å². The van der Waals surface area contributed by atoms with Gasteiger partial charge in [-0.25, -0.2) is 0 Å². The SMILES string of the molecule is CC(C)C(N)C(=O)Nc1cccc(CN(C)C)c1. The Hall–Kier alpha value is -1.39. The summed E-state index contributed by atoms with van der Waals surface area (Å²) in [6.45, 7) is 4.72. The van der Waals surface area contributed by atoms with Gasteiger partial charge in [-0.3, -0.25) is 4.79 Å². The van der Waals surface area contributed by atoms with E-state index in [4.69, 9.17) is 5.73 Å². The van der Waals surface area contributed by atoms with Crippen molar-refractivity contribution in [2.24, 2.45) is 11.7 Å². The lowest BCUT2D eigenvalue weighted by atomic mass is 10.0. The smallest absolute Gasteiger partial charge is 0.241 e. The van der Waals surface area contributed by atoms with Crippen molar-refractivity contribution < 1.29 is 4.79 Å². The number of benzene rings is 1. The van der Waals surface area contributed by atoms with Crippen molar-refractivity contribution in [1.82, 2.24) is 4.90 Å². The van der Waals surface area contributed by atoms with E-state index in [1.165, 1.54) is 0 Å². The van der Waals surface area contributed by atoms with Gasteiger partial charge in [0.2, 0.25) is 5.91 Å². The van der Waals surface area contributed by atoms with Crippen LogP contribution in [0.2, 0.25) is 0 Å². The largest absolute Gasteiger partial charge is 0.325 e. The number of nitrogens with one attached hydrogen (secondary N) is 1. The minimum absolute atomic E-state index is 0.132. The molecule has 4 nitrogen and oxygen atoms in total. The zero-order valence-electron chi connectivity index (χ0n) is 11.6. The highest BCUT2D eigenvalue weighted by molar-refractivity contribution is 5.94. The lowest BCUT2D eigenvalue weighted by Gasteiger charge is -2.16. The van der Waals surface area contributed by atoms with Crippen LogP contribution in [0.1, 0.15) is 19.4 Å². The van der Waals surface area contributed by atoms with E-state index < -0.39 is 6.04 Å². The highest BCUT2D eigenvalue weighted by Gasteiger charge is 2.17. The molecule has 1 amide bonds. The summed E-state index contributed by atoms with van der Waals surface area (Å²) in [5.41, 5.74) is 7.77. The van der Waals surface area contributed by atoms with E-state index in [9.17, 15) is 4.79 Å². The molecule has 0 fully saturated rings. The molecule has 0 bridgehead atoms. The molecule has 18 heavy (non-hydrogen) atoms. The van der Waals surface area contributed by atoms with Gasteiger partial charge in [0.15, 0.2) is 0 Å². The molecule has 0 aliphatic rings. The zero-order valence-corrected chi connectivity index (χ0v) is 11.6. The van der Waals surface area contributed by atoms with Crippen molar-refractivity contribution in [3.8, 4) is 0 Å². The highest BCUT2D eigenvalue weighted by Crippen LogP contribution is 2.13. The molecule has 0 aromatic heterocycles. The van der Waals surface area contributed by atoms with Gasteiger partial charge in [-0.15, -0.1) is 0 Å². The Bertz CT molecular complexity index is 402. The molecular formula is C14H23N3O. The minimum Gasteiger partial charge on any atom is -0.325 e. The summed E-state index contributed by atoms with van der Waals surface area (Å²) in [6, 6.07) is 7.37. The normalized spacial score (nSPS) is 12.8. The topological polar surface area (TPSA) is 58.4 Å². The van der Waals surface area contributed by atoms with Crippen molar-refractivity contribution in [3.05, 3.63) is 29.8 Å². The molecule has 1 aromatic rings. The molecule has 1 aromatic carbocycles. The average molecular weight is 249 g/mol. The van der Waals surface area contributed by atoms with Gasteiger partial charge in [-0.2, -0.15) is 0 Å². The fourth-order valence-corrected chi connectivity index (χ4v) is 1.64. The number of hydrogen-bond acceptors (Lipinski definition) is 3. The Morgan fingerprint density at radius 1 is 1.39 bits per heavy atom. The molecule has 0 radical (unpaired) electrons. The van der Waals surface area contributed by atoms with Gasteiger partial charge in [-0.1, -0.05) is 26.0 Å². The third kappa shape index (κ3) is 4.47. The van der Waals surface area contributed by atoms with E-state index in [0.717, 1.165) is 17.8 Å². The quantitative estimate of drug-likeness (QED) is 0.834. The van der Waals surface area contributed by atoms with Crippen LogP contribution in [0, 0.1) is 5.92 Å². The number of carbonyl (C=O) groups excluding carboxylic acids is 1. The maximum Gasteiger partial charge on any atom is 0.241 e. The van der Waals surface area contributed by atoms with Gasteiger partial charge in [0.1, 0.15) is 0 Å². The molecule has 1 atom stereocenters.